The predicted molar refractivity (Wildman–Crippen MR) is 122 cm³/mol. The number of aromatic amines is 1. The molecule has 3 heterocycles. The van der Waals surface area contributed by atoms with Crippen LogP contribution in [0.4, 0.5) is 11.4 Å². The number of fused-ring (bicyclic) bond motifs is 1. The molecule has 2 aromatic carbocycles. The highest BCUT2D eigenvalue weighted by atomic mass is 16.6. The molecule has 0 saturated carbocycles. The molecule has 0 bridgehead atoms. The molecule has 2 fully saturated rings. The van der Waals surface area contributed by atoms with Gasteiger partial charge in [0.25, 0.3) is 11.6 Å². The van der Waals surface area contributed by atoms with E-state index in [2.05, 4.69) is 23.3 Å². The van der Waals surface area contributed by atoms with Gasteiger partial charge in [-0.15, -0.1) is 0 Å². The number of hydrogen-bond acceptors (Lipinski definition) is 5. The number of morpholine rings is 1. The third-order valence-corrected chi connectivity index (χ3v) is 6.61. The predicted octanol–water partition coefficient (Wildman–Crippen LogP) is 3.93. The highest BCUT2D eigenvalue weighted by molar-refractivity contribution is 5.96. The van der Waals surface area contributed by atoms with E-state index < -0.39 is 4.92 Å². The number of para-hydroxylation sites is 1. The van der Waals surface area contributed by atoms with Gasteiger partial charge in [0.1, 0.15) is 5.69 Å². The van der Waals surface area contributed by atoms with Gasteiger partial charge in [-0.2, -0.15) is 0 Å². The van der Waals surface area contributed by atoms with Crippen molar-refractivity contribution in [3.8, 4) is 0 Å². The van der Waals surface area contributed by atoms with Crippen molar-refractivity contribution in [2.24, 2.45) is 0 Å². The van der Waals surface area contributed by atoms with Crippen LogP contribution in [0, 0.1) is 10.1 Å². The van der Waals surface area contributed by atoms with Crippen molar-refractivity contribution in [3.63, 3.8) is 0 Å². The second kappa shape index (κ2) is 8.63. The molecule has 3 aromatic rings. The summed E-state index contributed by atoms with van der Waals surface area (Å²) in [7, 11) is 0. The lowest BCUT2D eigenvalue weighted by atomic mass is 9.89. The normalized spacial score (nSPS) is 17.6. The van der Waals surface area contributed by atoms with Crippen LogP contribution in [0.2, 0.25) is 0 Å². The van der Waals surface area contributed by atoms with Gasteiger partial charge >= 0.3 is 0 Å². The first-order valence-corrected chi connectivity index (χ1v) is 11.1. The van der Waals surface area contributed by atoms with Crippen LogP contribution in [0.1, 0.15) is 34.7 Å². The van der Waals surface area contributed by atoms with Crippen LogP contribution in [0.25, 0.3) is 10.9 Å². The van der Waals surface area contributed by atoms with E-state index in [9.17, 15) is 14.9 Å². The maximum atomic E-state index is 13.1. The Morgan fingerprint density at radius 2 is 1.81 bits per heavy atom. The zero-order valence-corrected chi connectivity index (χ0v) is 17.8. The Morgan fingerprint density at radius 1 is 1.06 bits per heavy atom. The first-order chi connectivity index (χ1) is 15.6. The molecule has 1 N–H and O–H groups in total. The van der Waals surface area contributed by atoms with Crippen molar-refractivity contribution in [1.82, 2.24) is 9.88 Å². The van der Waals surface area contributed by atoms with Crippen molar-refractivity contribution in [2.45, 2.75) is 18.8 Å². The summed E-state index contributed by atoms with van der Waals surface area (Å²) in [5.74, 6) is 0.257. The number of carbonyl (C=O) groups is 1. The number of likely N-dealkylation sites (tertiary alicyclic amines) is 1. The Kier molecular flexibility index (Phi) is 5.53. The summed E-state index contributed by atoms with van der Waals surface area (Å²) in [6, 6.07) is 13.1. The maximum Gasteiger partial charge on any atom is 0.293 e. The second-order valence-electron chi connectivity index (χ2n) is 8.42. The highest BCUT2D eigenvalue weighted by Crippen LogP contribution is 2.34. The first-order valence-electron chi connectivity index (χ1n) is 11.1. The van der Waals surface area contributed by atoms with E-state index in [1.54, 1.807) is 12.1 Å². The summed E-state index contributed by atoms with van der Waals surface area (Å²) in [5.41, 5.74) is 3.34. The molecular weight excluding hydrogens is 408 g/mol. The summed E-state index contributed by atoms with van der Waals surface area (Å²) in [4.78, 5) is 31.6. The second-order valence-corrected chi connectivity index (χ2v) is 8.42. The molecule has 2 aliphatic rings. The number of ether oxygens (including phenoxy) is 1. The molecule has 2 saturated heterocycles. The molecule has 2 aliphatic heterocycles. The molecule has 8 nitrogen and oxygen atoms in total. The summed E-state index contributed by atoms with van der Waals surface area (Å²) < 4.78 is 5.35. The van der Waals surface area contributed by atoms with E-state index in [4.69, 9.17) is 4.74 Å². The van der Waals surface area contributed by atoms with Gasteiger partial charge in [-0.3, -0.25) is 14.9 Å². The fourth-order valence-corrected chi connectivity index (χ4v) is 4.88. The Balaban J connectivity index is 1.30. The Bertz CT molecular complexity index is 1140. The van der Waals surface area contributed by atoms with Gasteiger partial charge in [-0.1, -0.05) is 18.2 Å². The fraction of sp³-hybridized carbons (Fsp3) is 0.375. The first kappa shape index (κ1) is 20.5. The Labute approximate surface area is 185 Å². The molecule has 5 rings (SSSR count). The van der Waals surface area contributed by atoms with Gasteiger partial charge in [-0.05, 0) is 42.5 Å². The van der Waals surface area contributed by atoms with E-state index in [1.165, 1.54) is 17.0 Å². The number of nitro benzene ring substituents is 1. The maximum absolute atomic E-state index is 13.1. The minimum Gasteiger partial charge on any atom is -0.378 e. The minimum atomic E-state index is -0.398. The molecule has 0 aliphatic carbocycles. The van der Waals surface area contributed by atoms with Crippen LogP contribution in [-0.2, 0) is 4.74 Å². The smallest absolute Gasteiger partial charge is 0.293 e. The van der Waals surface area contributed by atoms with Gasteiger partial charge in [0, 0.05) is 54.9 Å². The number of nitro groups is 1. The van der Waals surface area contributed by atoms with Gasteiger partial charge in [-0.25, -0.2) is 0 Å². The van der Waals surface area contributed by atoms with Gasteiger partial charge < -0.3 is 19.5 Å². The molecule has 1 aromatic heterocycles. The van der Waals surface area contributed by atoms with Crippen molar-refractivity contribution >= 4 is 28.2 Å². The fourth-order valence-electron chi connectivity index (χ4n) is 4.88. The zero-order chi connectivity index (χ0) is 22.1. The number of benzene rings is 2. The molecule has 166 valence electrons. The third-order valence-electron chi connectivity index (χ3n) is 6.61. The van der Waals surface area contributed by atoms with E-state index in [1.807, 2.05) is 21.9 Å². The Hall–Kier alpha value is -3.39. The summed E-state index contributed by atoms with van der Waals surface area (Å²) in [5, 5.41) is 13.0. The van der Waals surface area contributed by atoms with Crippen molar-refractivity contribution in [2.75, 3.05) is 44.3 Å². The zero-order valence-electron chi connectivity index (χ0n) is 17.8. The molecule has 0 atom stereocenters. The monoisotopic (exact) mass is 434 g/mol. The van der Waals surface area contributed by atoms with E-state index in [-0.39, 0.29) is 11.6 Å². The van der Waals surface area contributed by atoms with Crippen LogP contribution in [0.5, 0.6) is 0 Å². The number of nitrogens with zero attached hydrogens (tertiary/aromatic N) is 3. The standard InChI is InChI=1S/C24H26N4O4/c29-24(18-5-6-22(23(15-18)28(30)31)26-11-13-32-14-12-26)27-9-7-17(8-10-27)20-16-25-21-4-2-1-3-19(20)21/h1-6,15-17,25H,7-14H2. The lowest BCUT2D eigenvalue weighted by Crippen LogP contribution is -2.38. The van der Waals surface area contributed by atoms with Crippen molar-refractivity contribution < 1.29 is 14.5 Å². The number of piperidine rings is 1. The summed E-state index contributed by atoms with van der Waals surface area (Å²) in [6.45, 7) is 3.58. The van der Waals surface area contributed by atoms with Gasteiger partial charge in [0.2, 0.25) is 0 Å². The highest BCUT2D eigenvalue weighted by Gasteiger charge is 2.28. The summed E-state index contributed by atoms with van der Waals surface area (Å²) >= 11 is 0. The third kappa shape index (κ3) is 3.82. The quantitative estimate of drug-likeness (QED) is 0.496. The number of rotatable bonds is 4. The lowest BCUT2D eigenvalue weighted by molar-refractivity contribution is -0.384. The largest absolute Gasteiger partial charge is 0.378 e. The number of H-pyrrole nitrogens is 1. The van der Waals surface area contributed by atoms with Crippen LogP contribution < -0.4 is 4.90 Å². The van der Waals surface area contributed by atoms with Crippen molar-refractivity contribution in [3.05, 3.63) is 69.9 Å². The van der Waals surface area contributed by atoms with Crippen LogP contribution >= 0.6 is 0 Å². The van der Waals surface area contributed by atoms with Gasteiger partial charge in [0.15, 0.2) is 0 Å². The molecule has 1 amide bonds. The molecule has 8 heteroatoms. The molecular formula is C24H26N4O4. The number of anilines is 1. The van der Waals surface area contributed by atoms with Crippen LogP contribution in [0.15, 0.2) is 48.7 Å². The SMILES string of the molecule is O=C(c1ccc(N2CCOCC2)c([N+](=O)[O-])c1)N1CCC(c2c[nH]c3ccccc23)CC1. The molecule has 0 unspecified atom stereocenters. The van der Waals surface area contributed by atoms with Crippen LogP contribution in [0.3, 0.4) is 0 Å². The number of aromatic nitrogens is 1. The minimum absolute atomic E-state index is 0.0218. The van der Waals surface area contributed by atoms with Crippen molar-refractivity contribution in [1.29, 1.82) is 0 Å². The average Bonchev–Trinajstić information content (AvgIpc) is 3.28. The molecule has 0 radical (unpaired) electrons. The lowest BCUT2D eigenvalue weighted by Gasteiger charge is -2.32. The number of hydrogen-bond donors (Lipinski definition) is 1. The average molecular weight is 434 g/mol. The van der Waals surface area contributed by atoms with E-state index in [0.717, 1.165) is 18.4 Å². The van der Waals surface area contributed by atoms with E-state index in [0.29, 0.717) is 56.6 Å². The molecule has 0 spiro atoms. The molecule has 32 heavy (non-hydrogen) atoms. The Morgan fingerprint density at radius 3 is 2.56 bits per heavy atom. The topological polar surface area (TPSA) is 91.7 Å². The van der Waals surface area contributed by atoms with E-state index >= 15 is 0 Å². The summed E-state index contributed by atoms with van der Waals surface area (Å²) in [6.07, 6.45) is 3.84. The van der Waals surface area contributed by atoms with Crippen LogP contribution in [-0.4, -0.2) is 60.1 Å². The number of carbonyl (C=O) groups excluding carboxylic acids is 1. The number of amides is 1. The van der Waals surface area contributed by atoms with Gasteiger partial charge in [0.05, 0.1) is 18.1 Å². The number of nitrogens with one attached hydrogen (secondary N) is 1.